The molecule has 0 radical (unpaired) electrons. The third-order valence-electron chi connectivity index (χ3n) is 19.4. The number of nitrogens with one attached hydrogen (secondary N) is 5. The lowest BCUT2D eigenvalue weighted by atomic mass is 9.84. The Morgan fingerprint density at radius 3 is 1.95 bits per heavy atom. The number of hydrogen-bond donors (Lipinski definition) is 15. The third-order valence-corrected chi connectivity index (χ3v) is 20.0. The number of benzene rings is 5. The van der Waals surface area contributed by atoms with Crippen molar-refractivity contribution in [2.24, 2.45) is 23.5 Å². The van der Waals surface area contributed by atoms with Crippen molar-refractivity contribution in [2.75, 3.05) is 13.7 Å². The number of phenolic OH excluding ortho intramolecular Hbond substituents is 3. The van der Waals surface area contributed by atoms with Crippen LogP contribution in [0, 0.1) is 17.8 Å². The summed E-state index contributed by atoms with van der Waals surface area (Å²) in [6, 6.07) is 9.64. The first-order valence-electron chi connectivity index (χ1n) is 34.2. The Hall–Kier alpha value is -8.76. The molecule has 0 saturated carbocycles. The summed E-state index contributed by atoms with van der Waals surface area (Å²) in [6.45, 7) is 10.4. The van der Waals surface area contributed by atoms with Crippen LogP contribution >= 0.6 is 23.2 Å². The second-order valence-electron chi connectivity index (χ2n) is 28.0. The van der Waals surface area contributed by atoms with Gasteiger partial charge in [0.25, 0.3) is 0 Å². The van der Waals surface area contributed by atoms with Crippen molar-refractivity contribution in [3.05, 3.63) is 117 Å². The molecule has 7 aliphatic heterocycles. The van der Waals surface area contributed by atoms with Gasteiger partial charge in [-0.2, -0.15) is 0 Å². The summed E-state index contributed by atoms with van der Waals surface area (Å²) in [5.41, 5.74) is 3.37. The van der Waals surface area contributed by atoms with Gasteiger partial charge in [0.1, 0.15) is 59.2 Å². The van der Waals surface area contributed by atoms with Gasteiger partial charge >= 0.3 is 6.09 Å². The average molecular weight is 1500 g/mol. The number of alkyl carbamates (subject to hydrolysis) is 1. The highest BCUT2D eigenvalue weighted by molar-refractivity contribution is 6.32. The molecule has 7 heterocycles. The number of aromatic hydroxyl groups is 3. The van der Waals surface area contributed by atoms with Crippen LogP contribution in [0.3, 0.4) is 0 Å². The minimum atomic E-state index is -2.06. The van der Waals surface area contributed by atoms with E-state index in [0.717, 1.165) is 24.3 Å². The number of primary amides is 1. The molecule has 0 unspecified atom stereocenters. The number of halogens is 2. The van der Waals surface area contributed by atoms with E-state index in [-0.39, 0.29) is 72.8 Å². The zero-order chi connectivity index (χ0) is 76.5. The summed E-state index contributed by atoms with van der Waals surface area (Å²) in [5.74, 6) is -16.5. The van der Waals surface area contributed by atoms with Crippen LogP contribution in [0.25, 0.3) is 11.1 Å². The Balaban J connectivity index is 1.22. The van der Waals surface area contributed by atoms with E-state index in [4.69, 9.17) is 62.1 Å². The molecule has 18 atom stereocenters. The number of ketones is 3. The van der Waals surface area contributed by atoms with Gasteiger partial charge in [0.05, 0.1) is 88.9 Å². The number of carbonyl (C=O) groups excluding carboxylic acids is 8. The molecule has 0 aliphatic carbocycles. The van der Waals surface area contributed by atoms with Crippen molar-refractivity contribution in [1.82, 2.24) is 26.6 Å². The summed E-state index contributed by atoms with van der Waals surface area (Å²) in [7, 11) is 1.53. The van der Waals surface area contributed by atoms with Gasteiger partial charge in [-0.15, -0.1) is 0 Å². The van der Waals surface area contributed by atoms with Gasteiger partial charge in [-0.3, -0.25) is 33.6 Å². The summed E-state index contributed by atoms with van der Waals surface area (Å²) in [4.78, 5) is 118. The first-order valence-corrected chi connectivity index (χ1v) is 34.9. The van der Waals surface area contributed by atoms with Crippen LogP contribution in [-0.4, -0.2) is 180 Å². The van der Waals surface area contributed by atoms with E-state index in [2.05, 4.69) is 26.6 Å². The van der Waals surface area contributed by atoms with E-state index in [9.17, 15) is 69.9 Å². The number of phenols is 3. The van der Waals surface area contributed by atoms with E-state index in [0.29, 0.717) is 6.42 Å². The molecule has 7 aliphatic rings. The van der Waals surface area contributed by atoms with E-state index in [1.54, 1.807) is 13.8 Å². The van der Waals surface area contributed by atoms with E-state index in [1.807, 2.05) is 13.8 Å². The maximum Gasteiger partial charge on any atom is 0.407 e. The number of rotatable bonds is 15. The first kappa shape index (κ1) is 78.8. The quantitative estimate of drug-likeness (QED) is 0.0633. The summed E-state index contributed by atoms with van der Waals surface area (Å²) >= 11 is 14.3. The van der Waals surface area contributed by atoms with Gasteiger partial charge in [-0.1, -0.05) is 55.2 Å². The molecule has 12 rings (SSSR count). The molecule has 5 amide bonds. The van der Waals surface area contributed by atoms with Gasteiger partial charge in [0.15, 0.2) is 41.2 Å². The molecule has 0 aromatic heterocycles. The average Bonchev–Trinajstić information content (AvgIpc) is 0.772. The molecule has 566 valence electrons. The molecular formula is C73H86Cl2N6O24. The van der Waals surface area contributed by atoms with Gasteiger partial charge in [-0.25, -0.2) is 4.79 Å². The molecule has 16 N–H and O–H groups in total. The zero-order valence-corrected chi connectivity index (χ0v) is 59.9. The van der Waals surface area contributed by atoms with Crippen LogP contribution in [0.1, 0.15) is 145 Å². The molecule has 11 bridgehead atoms. The second kappa shape index (κ2) is 32.5. The fourth-order valence-corrected chi connectivity index (χ4v) is 14.3. The minimum absolute atomic E-state index is 0.0401. The monoisotopic (exact) mass is 1500 g/mol. The maximum atomic E-state index is 16.2. The highest BCUT2D eigenvalue weighted by atomic mass is 35.5. The lowest BCUT2D eigenvalue weighted by Crippen LogP contribution is -2.66. The molecule has 2 fully saturated rings. The lowest BCUT2D eigenvalue weighted by Gasteiger charge is -2.48. The largest absolute Gasteiger partial charge is 0.508 e. The van der Waals surface area contributed by atoms with Gasteiger partial charge in [0, 0.05) is 42.9 Å². The number of carbonyl (C=O) groups is 8. The summed E-state index contributed by atoms with van der Waals surface area (Å²) in [5, 5.41) is 118. The predicted octanol–water partition coefficient (Wildman–Crippen LogP) is 5.28. The van der Waals surface area contributed by atoms with Crippen molar-refractivity contribution in [1.29, 1.82) is 0 Å². The fraction of sp³-hybridized carbons (Fsp3) is 0.479. The SMILES string of the molecule is CN[C@H](CC(C)C)C(=O)C[C@H]1C(=O)N[C@@H](CC(N)=O)C(=O)C[C@H]2C(=O)N[C@H]3C(=O)C[C@H](C(=O)N[C@H](C)c4cc(O)cc(O)c4-c4cc3ccc4O)[C@H](O)c3ccc(c(Cl)c3)Oc3cc2cc(c3O[C@@H]2O[C@H](CO)[C@@H](O)[C@H](O)[C@H]2O[C@H]2C[C@](C)(NC(=O)OC(C)C)[C@H](O)[C@H](C)O2)Oc2ccc(cc2Cl)[C@H]1O. The van der Waals surface area contributed by atoms with Crippen LogP contribution in [-0.2, 0) is 52.5 Å². The van der Waals surface area contributed by atoms with Crippen LogP contribution in [0.15, 0.2) is 78.9 Å². The Kier molecular flexibility index (Phi) is 24.4. The van der Waals surface area contributed by atoms with Gasteiger partial charge < -0.3 is 111 Å². The van der Waals surface area contributed by atoms with E-state index < -0.39 is 229 Å². The lowest BCUT2D eigenvalue weighted by molar-refractivity contribution is -0.334. The van der Waals surface area contributed by atoms with E-state index >= 15 is 14.4 Å². The standard InChI is InChI=1S/C73H86Cl2N6O24/c1-29(2)15-45(77-8)48(85)24-41-61(90)34-10-13-52(43(74)17-34)101-54-19-36-20-55(65(54)105-71-66(64(93)63(92)56(28-82)103-71)104-58-27-73(7,67(94)32(6)100-58)81-72(98)99-30(3)4)102-53-14-11-35(18-44(53)75)62(91)42-25-51(88)60(80-68(95)39(36)23-49(86)46(26-57(76)89)79-70(41)97)33-9-12-47(84)40(16-33)59-38(31(5)78-69(42)96)21-37(83)22-50(59)87/h9-14,16-22,29-32,39,41-42,45-46,56,58,60-64,66-67,71,77,82-84,87,90-94H,15,23-28H2,1-8H3,(H2,76,89)(H,78,96)(H,79,97)(H,80,95)(H,81,98)/t31-,32+,39-,41-,42+,45-,46+,56-,58+,60-,61-,62-,63-,64+,66-,67-,71+,73+/m1/s1. The topological polar surface area (TPSA) is 469 Å². The van der Waals surface area contributed by atoms with Crippen LogP contribution in [0.5, 0.6) is 46.0 Å². The summed E-state index contributed by atoms with van der Waals surface area (Å²) < 4.78 is 44.3. The van der Waals surface area contributed by atoms with Crippen molar-refractivity contribution in [3.8, 4) is 57.1 Å². The normalized spacial score (nSPS) is 29.0. The molecule has 5 aromatic rings. The molecule has 105 heavy (non-hydrogen) atoms. The third kappa shape index (κ3) is 17.4. The van der Waals surface area contributed by atoms with Crippen molar-refractivity contribution < 1.29 is 117 Å². The van der Waals surface area contributed by atoms with Crippen molar-refractivity contribution in [3.63, 3.8) is 0 Å². The van der Waals surface area contributed by atoms with Gasteiger partial charge in [-0.05, 0) is 136 Å². The number of likely N-dealkylation sites (N-methyl/N-ethyl adjacent to an activating group) is 1. The summed E-state index contributed by atoms with van der Waals surface area (Å²) in [6.07, 6.45) is -22.7. The maximum absolute atomic E-state index is 16.2. The number of aliphatic hydroxyl groups excluding tert-OH is 6. The smallest absolute Gasteiger partial charge is 0.407 e. The number of amides is 5. The fourth-order valence-electron chi connectivity index (χ4n) is 13.8. The number of nitrogens with two attached hydrogens (primary N) is 1. The predicted molar refractivity (Wildman–Crippen MR) is 372 cm³/mol. The Bertz CT molecular complexity index is 4160. The molecular weight excluding hydrogens is 1420 g/mol. The minimum Gasteiger partial charge on any atom is -0.508 e. The Morgan fingerprint density at radius 2 is 1.35 bits per heavy atom. The number of Topliss-reactive ketones (excluding diaryl/α,β-unsaturated/α-hetero) is 3. The Labute approximate surface area is 612 Å². The highest BCUT2D eigenvalue weighted by Crippen LogP contribution is 2.51. The number of aliphatic hydroxyl groups is 6. The van der Waals surface area contributed by atoms with Gasteiger partial charge in [0.2, 0.25) is 35.7 Å². The number of fused-ring (bicyclic) bond motifs is 15. The first-order chi connectivity index (χ1) is 49.6. The molecule has 5 aromatic carbocycles. The molecule has 30 nitrogen and oxygen atoms in total. The number of hydrogen-bond acceptors (Lipinski definition) is 25. The Morgan fingerprint density at radius 1 is 0.714 bits per heavy atom. The number of ether oxygens (including phenoxy) is 7. The highest BCUT2D eigenvalue weighted by Gasteiger charge is 2.53. The second-order valence-corrected chi connectivity index (χ2v) is 28.8. The molecule has 0 spiro atoms. The van der Waals surface area contributed by atoms with Crippen LogP contribution < -0.4 is 46.5 Å². The molecule has 32 heteroatoms. The molecule has 2 saturated heterocycles. The zero-order valence-electron chi connectivity index (χ0n) is 58.4. The van der Waals surface area contributed by atoms with Crippen molar-refractivity contribution >= 4 is 70.3 Å². The van der Waals surface area contributed by atoms with Crippen molar-refractivity contribution in [2.45, 2.75) is 190 Å². The van der Waals surface area contributed by atoms with Crippen LogP contribution in [0.4, 0.5) is 4.79 Å². The van der Waals surface area contributed by atoms with Crippen LogP contribution in [0.2, 0.25) is 10.0 Å². The van der Waals surface area contributed by atoms with E-state index in [1.165, 1.54) is 82.4 Å².